The molecule has 8 heteroatoms. The Kier molecular flexibility index (Phi) is 3.99. The summed E-state index contributed by atoms with van der Waals surface area (Å²) in [4.78, 5) is 29.8. The average molecular weight is 378 g/mol. The van der Waals surface area contributed by atoms with Gasteiger partial charge in [-0.05, 0) is 44.0 Å². The summed E-state index contributed by atoms with van der Waals surface area (Å²) in [6, 6.07) is 6.81. The lowest BCUT2D eigenvalue weighted by Gasteiger charge is -2.24. The minimum absolute atomic E-state index is 0.0264. The molecule has 132 valence electrons. The van der Waals surface area contributed by atoms with E-state index < -0.39 is 9.84 Å². The first-order valence-electron chi connectivity index (χ1n) is 8.24. The van der Waals surface area contributed by atoms with Gasteiger partial charge < -0.3 is 4.90 Å². The van der Waals surface area contributed by atoms with Crippen LogP contribution in [-0.4, -0.2) is 48.1 Å². The highest BCUT2D eigenvalue weighted by Crippen LogP contribution is 2.41. The standard InChI is InChI=1S/C17H18N2O4S2/c1-10(20)11-4-6-13(7-5-11)19-14-8-25(22,23)9-15(14)24-17(19)18-16(21)12-2-3-12/h4-7,12,14-15H,2-3,8-9H2,1H3/t14-,15+/m0/s1. The van der Waals surface area contributed by atoms with E-state index in [9.17, 15) is 18.0 Å². The molecule has 0 bridgehead atoms. The first-order chi connectivity index (χ1) is 11.8. The highest BCUT2D eigenvalue weighted by molar-refractivity contribution is 8.16. The van der Waals surface area contributed by atoms with Gasteiger partial charge in [-0.25, -0.2) is 8.42 Å². The number of hydrogen-bond donors (Lipinski definition) is 0. The number of hydrogen-bond acceptors (Lipinski definition) is 5. The largest absolute Gasteiger partial charge is 0.316 e. The fraction of sp³-hybridized carbons (Fsp3) is 0.471. The van der Waals surface area contributed by atoms with Crippen molar-refractivity contribution in [3.05, 3.63) is 29.8 Å². The maximum absolute atomic E-state index is 12.1. The maximum Gasteiger partial charge on any atom is 0.251 e. The number of Topliss-reactive ketones (excluding diaryl/α,β-unsaturated/α-hetero) is 1. The average Bonchev–Trinajstić information content (AvgIpc) is 3.28. The molecule has 1 aromatic rings. The van der Waals surface area contributed by atoms with Gasteiger partial charge in [-0.3, -0.25) is 9.59 Å². The van der Waals surface area contributed by atoms with Gasteiger partial charge in [-0.15, -0.1) is 0 Å². The van der Waals surface area contributed by atoms with E-state index in [1.54, 1.807) is 24.3 Å². The summed E-state index contributed by atoms with van der Waals surface area (Å²) < 4.78 is 24.0. The molecule has 3 fully saturated rings. The predicted octanol–water partition coefficient (Wildman–Crippen LogP) is 1.90. The molecule has 6 nitrogen and oxygen atoms in total. The van der Waals surface area contributed by atoms with Gasteiger partial charge in [0.15, 0.2) is 20.8 Å². The van der Waals surface area contributed by atoms with Crippen molar-refractivity contribution in [2.24, 2.45) is 10.9 Å². The third kappa shape index (κ3) is 3.25. The molecule has 4 rings (SSSR count). The lowest BCUT2D eigenvalue weighted by molar-refractivity contribution is -0.118. The molecular formula is C17H18N2O4S2. The second-order valence-electron chi connectivity index (χ2n) is 6.78. The summed E-state index contributed by atoms with van der Waals surface area (Å²) in [7, 11) is -3.08. The molecule has 0 unspecified atom stereocenters. The summed E-state index contributed by atoms with van der Waals surface area (Å²) >= 11 is 1.38. The zero-order valence-corrected chi connectivity index (χ0v) is 15.3. The number of amides is 1. The van der Waals surface area contributed by atoms with Gasteiger partial charge in [0, 0.05) is 22.4 Å². The van der Waals surface area contributed by atoms with Gasteiger partial charge in [-0.2, -0.15) is 4.99 Å². The third-order valence-electron chi connectivity index (χ3n) is 4.75. The second kappa shape index (κ2) is 5.95. The van der Waals surface area contributed by atoms with Crippen LogP contribution in [0, 0.1) is 5.92 Å². The molecule has 1 saturated carbocycles. The number of fused-ring (bicyclic) bond motifs is 1. The SMILES string of the molecule is CC(=O)c1ccc(N2C(=NC(=O)C3CC3)S[C@@H]3CS(=O)(=O)C[C@@H]32)cc1. The van der Waals surface area contributed by atoms with Crippen LogP contribution in [0.3, 0.4) is 0 Å². The fourth-order valence-electron chi connectivity index (χ4n) is 3.24. The van der Waals surface area contributed by atoms with Crippen molar-refractivity contribution < 1.29 is 18.0 Å². The van der Waals surface area contributed by atoms with Crippen molar-refractivity contribution in [3.63, 3.8) is 0 Å². The molecule has 2 saturated heterocycles. The van der Waals surface area contributed by atoms with Gasteiger partial charge in [0.05, 0.1) is 17.5 Å². The van der Waals surface area contributed by atoms with Crippen LogP contribution in [0.2, 0.25) is 0 Å². The zero-order valence-electron chi connectivity index (χ0n) is 13.7. The van der Waals surface area contributed by atoms with Crippen LogP contribution in [0.1, 0.15) is 30.1 Å². The van der Waals surface area contributed by atoms with E-state index in [0.29, 0.717) is 10.7 Å². The Morgan fingerprint density at radius 2 is 1.84 bits per heavy atom. The number of amidine groups is 1. The Bertz CT molecular complexity index is 872. The molecule has 2 atom stereocenters. The first-order valence-corrected chi connectivity index (χ1v) is 10.9. The highest BCUT2D eigenvalue weighted by Gasteiger charge is 2.49. The molecule has 1 aromatic carbocycles. The maximum atomic E-state index is 12.1. The van der Waals surface area contributed by atoms with Crippen molar-refractivity contribution in [2.75, 3.05) is 16.4 Å². The first kappa shape index (κ1) is 16.8. The molecule has 25 heavy (non-hydrogen) atoms. The summed E-state index contributed by atoms with van der Waals surface area (Å²) in [5, 5.41) is 0.473. The van der Waals surface area contributed by atoms with Crippen LogP contribution < -0.4 is 4.90 Å². The number of nitrogens with zero attached hydrogens (tertiary/aromatic N) is 2. The molecule has 0 radical (unpaired) electrons. The molecule has 1 amide bonds. The molecule has 0 aromatic heterocycles. The molecule has 2 heterocycles. The monoisotopic (exact) mass is 378 g/mol. The number of carbonyl (C=O) groups excluding carboxylic acids is 2. The summed E-state index contributed by atoms with van der Waals surface area (Å²) in [6.45, 7) is 1.50. The molecule has 0 N–H and O–H groups in total. The van der Waals surface area contributed by atoms with E-state index in [1.165, 1.54) is 18.7 Å². The van der Waals surface area contributed by atoms with Crippen LogP contribution in [0.25, 0.3) is 0 Å². The van der Waals surface area contributed by atoms with Crippen LogP contribution in [0.5, 0.6) is 0 Å². The topological polar surface area (TPSA) is 83.9 Å². The molecule has 1 aliphatic carbocycles. The minimum atomic E-state index is -3.08. The van der Waals surface area contributed by atoms with Gasteiger partial charge >= 0.3 is 0 Å². The normalized spacial score (nSPS) is 29.0. The van der Waals surface area contributed by atoms with Gasteiger partial charge in [0.25, 0.3) is 5.91 Å². The van der Waals surface area contributed by atoms with Crippen molar-refractivity contribution >= 4 is 44.1 Å². The van der Waals surface area contributed by atoms with E-state index in [0.717, 1.165) is 18.5 Å². The molecule has 3 aliphatic rings. The Morgan fingerprint density at radius 3 is 2.44 bits per heavy atom. The van der Waals surface area contributed by atoms with Crippen molar-refractivity contribution in [1.82, 2.24) is 0 Å². The second-order valence-corrected chi connectivity index (χ2v) is 10.1. The Balaban J connectivity index is 1.70. The molecule has 2 aliphatic heterocycles. The van der Waals surface area contributed by atoms with E-state index in [4.69, 9.17) is 0 Å². The Morgan fingerprint density at radius 1 is 1.16 bits per heavy atom. The van der Waals surface area contributed by atoms with Crippen LogP contribution in [0.4, 0.5) is 5.69 Å². The lowest BCUT2D eigenvalue weighted by atomic mass is 10.1. The highest BCUT2D eigenvalue weighted by atomic mass is 32.2. The number of rotatable bonds is 3. The van der Waals surface area contributed by atoms with E-state index >= 15 is 0 Å². The predicted molar refractivity (Wildman–Crippen MR) is 97.9 cm³/mol. The Hall–Kier alpha value is -1.67. The minimum Gasteiger partial charge on any atom is -0.316 e. The number of carbonyl (C=O) groups is 2. The van der Waals surface area contributed by atoms with E-state index in [1.807, 2.05) is 4.90 Å². The summed E-state index contributed by atoms with van der Waals surface area (Å²) in [5.41, 5.74) is 1.36. The third-order valence-corrected chi connectivity index (χ3v) is 7.96. The van der Waals surface area contributed by atoms with E-state index in [-0.39, 0.29) is 40.4 Å². The quantitative estimate of drug-likeness (QED) is 0.747. The number of ketones is 1. The fourth-order valence-corrected chi connectivity index (χ4v) is 7.16. The lowest BCUT2D eigenvalue weighted by Crippen LogP contribution is -2.37. The molecule has 0 spiro atoms. The zero-order chi connectivity index (χ0) is 17.8. The van der Waals surface area contributed by atoms with E-state index in [2.05, 4.69) is 4.99 Å². The number of aliphatic imine (C=N–C) groups is 1. The summed E-state index contributed by atoms with van der Waals surface area (Å²) in [5.74, 6) is 0.0629. The number of sulfone groups is 1. The van der Waals surface area contributed by atoms with Gasteiger partial charge in [0.2, 0.25) is 0 Å². The van der Waals surface area contributed by atoms with Crippen molar-refractivity contribution in [1.29, 1.82) is 0 Å². The van der Waals surface area contributed by atoms with Gasteiger partial charge in [0.1, 0.15) is 0 Å². The number of anilines is 1. The Labute approximate surface area is 150 Å². The van der Waals surface area contributed by atoms with Crippen molar-refractivity contribution in [3.8, 4) is 0 Å². The van der Waals surface area contributed by atoms with Crippen molar-refractivity contribution in [2.45, 2.75) is 31.1 Å². The number of thioether (sulfide) groups is 1. The van der Waals surface area contributed by atoms with Gasteiger partial charge in [-0.1, -0.05) is 11.8 Å². The number of benzene rings is 1. The van der Waals surface area contributed by atoms with Crippen LogP contribution >= 0.6 is 11.8 Å². The van der Waals surface area contributed by atoms with Crippen LogP contribution in [0.15, 0.2) is 29.3 Å². The smallest absolute Gasteiger partial charge is 0.251 e. The van der Waals surface area contributed by atoms with Crippen LogP contribution in [-0.2, 0) is 14.6 Å². The summed E-state index contributed by atoms with van der Waals surface area (Å²) in [6.07, 6.45) is 1.77. The molecular weight excluding hydrogens is 360 g/mol.